The van der Waals surface area contributed by atoms with Crippen molar-refractivity contribution in [2.75, 3.05) is 26.2 Å². The van der Waals surface area contributed by atoms with Crippen LogP contribution < -0.4 is 5.32 Å². The molecule has 148 valence electrons. The molecule has 1 aliphatic rings. The minimum absolute atomic E-state index is 0.164. The van der Waals surface area contributed by atoms with Crippen LogP contribution in [0.2, 0.25) is 0 Å². The molecule has 1 amide bonds. The van der Waals surface area contributed by atoms with E-state index in [9.17, 15) is 13.6 Å². The first kappa shape index (κ1) is 19.1. The monoisotopic (exact) mass is 403 g/mol. The molecule has 1 N–H and O–H groups in total. The molecule has 28 heavy (non-hydrogen) atoms. The first-order valence-corrected chi connectivity index (χ1v) is 10.4. The summed E-state index contributed by atoms with van der Waals surface area (Å²) in [6.45, 7) is 5.79. The van der Waals surface area contributed by atoms with E-state index in [1.54, 1.807) is 11.3 Å². The third-order valence-corrected chi connectivity index (χ3v) is 6.19. The van der Waals surface area contributed by atoms with Gasteiger partial charge in [0.05, 0.1) is 16.8 Å². The summed E-state index contributed by atoms with van der Waals surface area (Å²) in [6, 6.07) is 7.42. The molecule has 0 bridgehead atoms. The summed E-state index contributed by atoms with van der Waals surface area (Å²) < 4.78 is 30.3. The second-order valence-corrected chi connectivity index (χ2v) is 8.55. The molecule has 2 aromatic heterocycles. The Kier molecular flexibility index (Phi) is 5.46. The maximum Gasteiger partial charge on any atom is 0.268 e. The molecule has 1 aromatic carbocycles. The Morgan fingerprint density at radius 3 is 2.71 bits per heavy atom. The predicted octanol–water partition coefficient (Wildman–Crippen LogP) is 4.16. The summed E-state index contributed by atoms with van der Waals surface area (Å²) in [4.78, 5) is 16.3. The quantitative estimate of drug-likeness (QED) is 0.671. The molecular weight excluding hydrogens is 380 g/mol. The first-order chi connectivity index (χ1) is 13.5. The molecule has 3 heterocycles. The molecule has 0 spiro atoms. The highest BCUT2D eigenvalue weighted by molar-refractivity contribution is 7.19. The number of carbonyl (C=O) groups excluding carboxylic acids is 1. The Morgan fingerprint density at radius 1 is 1.18 bits per heavy atom. The number of nitrogens with one attached hydrogen (secondary N) is 1. The molecule has 1 aliphatic heterocycles. The lowest BCUT2D eigenvalue weighted by atomic mass is 10.2. The fourth-order valence-corrected chi connectivity index (χ4v) is 4.73. The SMILES string of the molecule is Cc1cc2c(cc(C(=O)NCCN3CCCC3)n2Cc2ccc(F)cc2F)s1. The maximum absolute atomic E-state index is 14.2. The van der Waals surface area contributed by atoms with Crippen molar-refractivity contribution in [3.8, 4) is 0 Å². The lowest BCUT2D eigenvalue weighted by Crippen LogP contribution is -2.34. The number of thiophene rings is 1. The topological polar surface area (TPSA) is 37.3 Å². The number of hydrogen-bond acceptors (Lipinski definition) is 3. The van der Waals surface area contributed by atoms with Gasteiger partial charge in [0, 0.05) is 29.6 Å². The summed E-state index contributed by atoms with van der Waals surface area (Å²) in [5.41, 5.74) is 1.76. The van der Waals surface area contributed by atoms with E-state index in [0.717, 1.165) is 40.8 Å². The number of fused-ring (bicyclic) bond motifs is 1. The second-order valence-electron chi connectivity index (χ2n) is 7.26. The average Bonchev–Trinajstić information content (AvgIpc) is 3.35. The van der Waals surface area contributed by atoms with E-state index in [1.165, 1.54) is 25.0 Å². The minimum atomic E-state index is -0.606. The Morgan fingerprint density at radius 2 is 1.96 bits per heavy atom. The van der Waals surface area contributed by atoms with Crippen LogP contribution in [-0.4, -0.2) is 41.6 Å². The van der Waals surface area contributed by atoms with Gasteiger partial charge in [-0.25, -0.2) is 8.78 Å². The van der Waals surface area contributed by atoms with Gasteiger partial charge in [0.25, 0.3) is 5.91 Å². The smallest absolute Gasteiger partial charge is 0.268 e. The predicted molar refractivity (Wildman–Crippen MR) is 108 cm³/mol. The number of carbonyl (C=O) groups is 1. The highest BCUT2D eigenvalue weighted by atomic mass is 32.1. The van der Waals surface area contributed by atoms with Gasteiger partial charge < -0.3 is 14.8 Å². The van der Waals surface area contributed by atoms with E-state index >= 15 is 0 Å². The summed E-state index contributed by atoms with van der Waals surface area (Å²) >= 11 is 1.60. The number of aryl methyl sites for hydroxylation is 1. The third-order valence-electron chi connectivity index (χ3n) is 5.20. The Balaban J connectivity index is 1.57. The highest BCUT2D eigenvalue weighted by Gasteiger charge is 2.19. The van der Waals surface area contributed by atoms with E-state index < -0.39 is 11.6 Å². The molecule has 0 aliphatic carbocycles. The number of nitrogens with zero attached hydrogens (tertiary/aromatic N) is 2. The Hall–Kier alpha value is -2.25. The van der Waals surface area contributed by atoms with Crippen molar-refractivity contribution in [1.29, 1.82) is 0 Å². The van der Waals surface area contributed by atoms with Gasteiger partial charge in [-0.15, -0.1) is 11.3 Å². The second kappa shape index (κ2) is 8.01. The van der Waals surface area contributed by atoms with Crippen molar-refractivity contribution in [2.45, 2.75) is 26.3 Å². The van der Waals surface area contributed by atoms with Crippen molar-refractivity contribution in [3.63, 3.8) is 0 Å². The van der Waals surface area contributed by atoms with Crippen LogP contribution in [0.4, 0.5) is 8.78 Å². The van der Waals surface area contributed by atoms with Crippen molar-refractivity contribution < 1.29 is 13.6 Å². The number of benzene rings is 1. The van der Waals surface area contributed by atoms with E-state index in [0.29, 0.717) is 17.8 Å². The molecule has 3 aromatic rings. The van der Waals surface area contributed by atoms with Gasteiger partial charge in [-0.3, -0.25) is 4.79 Å². The lowest BCUT2D eigenvalue weighted by Gasteiger charge is -2.15. The lowest BCUT2D eigenvalue weighted by molar-refractivity contribution is 0.0941. The van der Waals surface area contributed by atoms with Gasteiger partial charge in [-0.1, -0.05) is 6.07 Å². The molecular formula is C21H23F2N3OS. The van der Waals surface area contributed by atoms with E-state index in [4.69, 9.17) is 0 Å². The zero-order valence-electron chi connectivity index (χ0n) is 15.8. The van der Waals surface area contributed by atoms with Crippen molar-refractivity contribution in [2.24, 2.45) is 0 Å². The zero-order chi connectivity index (χ0) is 19.7. The largest absolute Gasteiger partial charge is 0.349 e. The molecule has 4 nitrogen and oxygen atoms in total. The average molecular weight is 403 g/mol. The van der Waals surface area contributed by atoms with Crippen LogP contribution in [0.25, 0.3) is 10.2 Å². The summed E-state index contributed by atoms with van der Waals surface area (Å²) in [6.07, 6.45) is 2.44. The van der Waals surface area contributed by atoms with Crippen LogP contribution in [0, 0.1) is 18.6 Å². The van der Waals surface area contributed by atoms with Crippen molar-refractivity contribution in [1.82, 2.24) is 14.8 Å². The third kappa shape index (κ3) is 3.95. The minimum Gasteiger partial charge on any atom is -0.349 e. The molecule has 1 fully saturated rings. The molecule has 1 saturated heterocycles. The number of likely N-dealkylation sites (tertiary alicyclic amines) is 1. The number of hydrogen-bond donors (Lipinski definition) is 1. The van der Waals surface area contributed by atoms with E-state index in [-0.39, 0.29) is 12.5 Å². The van der Waals surface area contributed by atoms with Crippen LogP contribution in [0.15, 0.2) is 30.3 Å². The van der Waals surface area contributed by atoms with E-state index in [1.807, 2.05) is 23.6 Å². The maximum atomic E-state index is 14.2. The Bertz CT molecular complexity index is 1000. The fourth-order valence-electron chi connectivity index (χ4n) is 3.77. The molecule has 0 saturated carbocycles. The fraction of sp³-hybridized carbons (Fsp3) is 0.381. The van der Waals surface area contributed by atoms with E-state index in [2.05, 4.69) is 10.2 Å². The standard InChI is InChI=1S/C21H23F2N3OS/c1-14-10-18-20(28-14)12-19(21(27)24-6-9-25-7-2-3-8-25)26(18)13-15-4-5-16(22)11-17(15)23/h4-5,10-12H,2-3,6-9,13H2,1H3,(H,24,27). The Labute approximate surface area is 166 Å². The van der Waals surface area contributed by atoms with Gasteiger partial charge in [0.1, 0.15) is 17.3 Å². The van der Waals surface area contributed by atoms with Gasteiger partial charge in [0.2, 0.25) is 0 Å². The molecule has 0 unspecified atom stereocenters. The molecule has 0 atom stereocenters. The van der Waals surface area contributed by atoms with Crippen LogP contribution >= 0.6 is 11.3 Å². The van der Waals surface area contributed by atoms with Gasteiger partial charge in [-0.2, -0.15) is 0 Å². The normalized spacial score (nSPS) is 14.8. The number of rotatable bonds is 6. The summed E-state index contributed by atoms with van der Waals surface area (Å²) in [7, 11) is 0. The number of amides is 1. The van der Waals surface area contributed by atoms with Crippen molar-refractivity contribution in [3.05, 3.63) is 58.1 Å². The van der Waals surface area contributed by atoms with Crippen molar-refractivity contribution >= 4 is 27.5 Å². The van der Waals surface area contributed by atoms with Gasteiger partial charge in [0.15, 0.2) is 0 Å². The van der Waals surface area contributed by atoms with Crippen LogP contribution in [0.1, 0.15) is 33.8 Å². The molecule has 7 heteroatoms. The van der Waals surface area contributed by atoms with Gasteiger partial charge in [-0.05, 0) is 51.1 Å². The summed E-state index contributed by atoms with van der Waals surface area (Å²) in [5, 5.41) is 2.99. The van der Waals surface area contributed by atoms with Crippen LogP contribution in [0.5, 0.6) is 0 Å². The summed E-state index contributed by atoms with van der Waals surface area (Å²) in [5.74, 6) is -1.37. The first-order valence-electron chi connectivity index (χ1n) is 9.55. The number of aromatic nitrogens is 1. The van der Waals surface area contributed by atoms with Crippen LogP contribution in [0.3, 0.4) is 0 Å². The molecule has 0 radical (unpaired) electrons. The molecule has 4 rings (SSSR count). The highest BCUT2D eigenvalue weighted by Crippen LogP contribution is 2.30. The van der Waals surface area contributed by atoms with Crippen LogP contribution in [-0.2, 0) is 6.54 Å². The zero-order valence-corrected chi connectivity index (χ0v) is 16.6. The number of halogens is 2. The van der Waals surface area contributed by atoms with Gasteiger partial charge >= 0.3 is 0 Å².